The fraction of sp³-hybridized carbons (Fsp3) is 0.188. The lowest BCUT2D eigenvalue weighted by Crippen LogP contribution is -2.31. The van der Waals surface area contributed by atoms with Crippen LogP contribution in [0.4, 0.5) is 17.6 Å². The predicted octanol–water partition coefficient (Wildman–Crippen LogP) is 3.95. The number of nitrogens with two attached hydrogens (primary N) is 1. The standard InChI is InChI=1S/C16H15F4N3O.HI/c17-14-4-2-1-3-12(14)10-23-15(21)22-9-11-5-7-13(8-6-11)24-16(18,19)20;/h1-8H,9-10H2,(H3,21,22,23);1H. The third kappa shape index (κ3) is 7.59. The normalized spacial score (nSPS) is 11.6. The van der Waals surface area contributed by atoms with Gasteiger partial charge in [0.05, 0.1) is 6.54 Å². The topological polar surface area (TPSA) is 59.6 Å². The average molecular weight is 469 g/mol. The second kappa shape index (κ2) is 9.44. The molecule has 0 aliphatic carbocycles. The maximum absolute atomic E-state index is 13.4. The van der Waals surface area contributed by atoms with E-state index in [1.165, 1.54) is 30.3 Å². The monoisotopic (exact) mass is 469 g/mol. The molecule has 25 heavy (non-hydrogen) atoms. The van der Waals surface area contributed by atoms with Gasteiger partial charge in [0, 0.05) is 12.1 Å². The van der Waals surface area contributed by atoms with Crippen molar-refractivity contribution in [1.29, 1.82) is 0 Å². The van der Waals surface area contributed by atoms with E-state index in [1.807, 2.05) is 0 Å². The number of aliphatic imine (C=N–C) groups is 1. The molecule has 0 aromatic heterocycles. The van der Waals surface area contributed by atoms with Crippen LogP contribution in [0.2, 0.25) is 0 Å². The summed E-state index contributed by atoms with van der Waals surface area (Å²) in [5.74, 6) is -0.548. The van der Waals surface area contributed by atoms with Crippen LogP contribution < -0.4 is 15.8 Å². The molecule has 0 spiro atoms. The zero-order valence-electron chi connectivity index (χ0n) is 12.9. The zero-order chi connectivity index (χ0) is 17.6. The molecule has 136 valence electrons. The maximum Gasteiger partial charge on any atom is 0.573 e. The molecular weight excluding hydrogens is 453 g/mol. The van der Waals surface area contributed by atoms with Crippen LogP contribution in [-0.4, -0.2) is 12.3 Å². The fourth-order valence-corrected chi connectivity index (χ4v) is 1.86. The molecule has 0 saturated carbocycles. The van der Waals surface area contributed by atoms with Gasteiger partial charge < -0.3 is 15.8 Å². The van der Waals surface area contributed by atoms with Gasteiger partial charge in [0.1, 0.15) is 11.6 Å². The van der Waals surface area contributed by atoms with Crippen LogP contribution in [0, 0.1) is 5.82 Å². The van der Waals surface area contributed by atoms with Gasteiger partial charge in [0.15, 0.2) is 5.96 Å². The number of rotatable bonds is 5. The SMILES string of the molecule is I.NC(=NCc1ccc(OC(F)(F)F)cc1)NCc1ccccc1F. The largest absolute Gasteiger partial charge is 0.573 e. The Balaban J connectivity index is 0.00000312. The molecule has 0 saturated heterocycles. The Morgan fingerprint density at radius 1 is 1.08 bits per heavy atom. The highest BCUT2D eigenvalue weighted by molar-refractivity contribution is 14.0. The van der Waals surface area contributed by atoms with Crippen LogP contribution in [0.25, 0.3) is 0 Å². The van der Waals surface area contributed by atoms with Gasteiger partial charge in [0.2, 0.25) is 0 Å². The minimum absolute atomic E-state index is 0. The van der Waals surface area contributed by atoms with E-state index in [4.69, 9.17) is 5.73 Å². The first-order chi connectivity index (χ1) is 11.3. The zero-order valence-corrected chi connectivity index (χ0v) is 15.2. The Bertz CT molecular complexity index is 705. The maximum atomic E-state index is 13.4. The molecule has 0 fully saturated rings. The van der Waals surface area contributed by atoms with Crippen LogP contribution in [0.3, 0.4) is 0 Å². The van der Waals surface area contributed by atoms with E-state index >= 15 is 0 Å². The van der Waals surface area contributed by atoms with Crippen LogP contribution in [0.5, 0.6) is 5.75 Å². The second-order valence-electron chi connectivity index (χ2n) is 4.84. The average Bonchev–Trinajstić information content (AvgIpc) is 2.52. The minimum Gasteiger partial charge on any atom is -0.406 e. The highest BCUT2D eigenvalue weighted by atomic mass is 127. The number of alkyl halides is 3. The van der Waals surface area contributed by atoms with Crippen molar-refractivity contribution in [3.05, 3.63) is 65.5 Å². The molecule has 2 rings (SSSR count). The van der Waals surface area contributed by atoms with Gasteiger partial charge in [0.25, 0.3) is 0 Å². The van der Waals surface area contributed by atoms with E-state index in [1.54, 1.807) is 18.2 Å². The summed E-state index contributed by atoms with van der Waals surface area (Å²) in [6.45, 7) is 0.350. The van der Waals surface area contributed by atoms with Crippen molar-refractivity contribution in [3.63, 3.8) is 0 Å². The van der Waals surface area contributed by atoms with E-state index < -0.39 is 6.36 Å². The first-order valence-electron chi connectivity index (χ1n) is 6.95. The summed E-state index contributed by atoms with van der Waals surface area (Å²) >= 11 is 0. The van der Waals surface area contributed by atoms with Gasteiger partial charge in [-0.3, -0.25) is 0 Å². The van der Waals surface area contributed by atoms with Crippen LogP contribution >= 0.6 is 24.0 Å². The number of hydrogen-bond acceptors (Lipinski definition) is 2. The van der Waals surface area contributed by atoms with Crippen LogP contribution in [0.1, 0.15) is 11.1 Å². The van der Waals surface area contributed by atoms with Crippen molar-refractivity contribution >= 4 is 29.9 Å². The number of hydrogen-bond donors (Lipinski definition) is 2. The van der Waals surface area contributed by atoms with E-state index in [0.717, 1.165) is 0 Å². The number of nitrogens with zero attached hydrogens (tertiary/aromatic N) is 1. The summed E-state index contributed by atoms with van der Waals surface area (Å²) in [7, 11) is 0. The summed E-state index contributed by atoms with van der Waals surface area (Å²) in [6.07, 6.45) is -4.72. The van der Waals surface area contributed by atoms with Gasteiger partial charge in [-0.1, -0.05) is 30.3 Å². The molecule has 0 atom stereocenters. The molecular formula is C16H16F4IN3O. The summed E-state index contributed by atoms with van der Waals surface area (Å²) < 4.78 is 53.4. The molecule has 0 heterocycles. The quantitative estimate of drug-likeness (QED) is 0.302. The third-order valence-corrected chi connectivity index (χ3v) is 3.01. The van der Waals surface area contributed by atoms with E-state index in [0.29, 0.717) is 11.1 Å². The van der Waals surface area contributed by atoms with Crippen molar-refractivity contribution < 1.29 is 22.3 Å². The lowest BCUT2D eigenvalue weighted by atomic mass is 10.2. The molecule has 0 bridgehead atoms. The molecule has 0 aliphatic rings. The number of halogens is 5. The smallest absolute Gasteiger partial charge is 0.406 e. The molecule has 3 N–H and O–H groups in total. The minimum atomic E-state index is -4.72. The number of ether oxygens (including phenoxy) is 1. The first kappa shape index (κ1) is 21.0. The van der Waals surface area contributed by atoms with Gasteiger partial charge in [-0.15, -0.1) is 37.1 Å². The highest BCUT2D eigenvalue weighted by Crippen LogP contribution is 2.22. The highest BCUT2D eigenvalue weighted by Gasteiger charge is 2.30. The van der Waals surface area contributed by atoms with Gasteiger partial charge in [-0.25, -0.2) is 9.38 Å². The molecule has 0 aliphatic heterocycles. The Morgan fingerprint density at radius 2 is 1.72 bits per heavy atom. The Labute approximate surface area is 159 Å². The van der Waals surface area contributed by atoms with Crippen molar-refractivity contribution in [2.45, 2.75) is 19.5 Å². The summed E-state index contributed by atoms with van der Waals surface area (Å²) in [4.78, 5) is 4.04. The Hall–Kier alpha value is -2.04. The second-order valence-corrected chi connectivity index (χ2v) is 4.84. The Morgan fingerprint density at radius 3 is 2.32 bits per heavy atom. The Kier molecular flexibility index (Phi) is 7.94. The molecule has 4 nitrogen and oxygen atoms in total. The van der Waals surface area contributed by atoms with Crippen molar-refractivity contribution in [1.82, 2.24) is 5.32 Å². The van der Waals surface area contributed by atoms with Crippen molar-refractivity contribution in [3.8, 4) is 5.75 Å². The van der Waals surface area contributed by atoms with Gasteiger partial charge in [-0.05, 0) is 23.8 Å². The van der Waals surface area contributed by atoms with Gasteiger partial charge in [-0.2, -0.15) is 0 Å². The van der Waals surface area contributed by atoms with E-state index in [-0.39, 0.29) is 54.6 Å². The number of guanidine groups is 1. The summed E-state index contributed by atoms with van der Waals surface area (Å²) in [5.41, 5.74) is 6.78. The fourth-order valence-electron chi connectivity index (χ4n) is 1.86. The molecule has 0 unspecified atom stereocenters. The third-order valence-electron chi connectivity index (χ3n) is 3.01. The van der Waals surface area contributed by atoms with Crippen molar-refractivity contribution in [2.75, 3.05) is 0 Å². The van der Waals surface area contributed by atoms with E-state index in [9.17, 15) is 17.6 Å². The first-order valence-corrected chi connectivity index (χ1v) is 6.95. The van der Waals surface area contributed by atoms with Crippen molar-refractivity contribution in [2.24, 2.45) is 10.7 Å². The lowest BCUT2D eigenvalue weighted by Gasteiger charge is -2.09. The molecule has 2 aromatic carbocycles. The molecule has 0 radical (unpaired) electrons. The van der Waals surface area contributed by atoms with Gasteiger partial charge >= 0.3 is 6.36 Å². The van der Waals surface area contributed by atoms with E-state index in [2.05, 4.69) is 15.0 Å². The number of benzene rings is 2. The molecule has 0 amide bonds. The predicted molar refractivity (Wildman–Crippen MR) is 97.1 cm³/mol. The number of nitrogens with one attached hydrogen (secondary N) is 1. The lowest BCUT2D eigenvalue weighted by molar-refractivity contribution is -0.274. The summed E-state index contributed by atoms with van der Waals surface area (Å²) in [5, 5.41) is 2.77. The molecule has 2 aromatic rings. The van der Waals surface area contributed by atoms with Crippen LogP contribution in [0.15, 0.2) is 53.5 Å². The van der Waals surface area contributed by atoms with Crippen LogP contribution in [-0.2, 0) is 13.1 Å². The summed E-state index contributed by atoms with van der Waals surface area (Å²) in [6, 6.07) is 11.6. The molecule has 9 heteroatoms.